The highest BCUT2D eigenvalue weighted by atomic mass is 16.5. The maximum absolute atomic E-state index is 5.44. The molecule has 3 rings (SSSR count). The van der Waals surface area contributed by atoms with Crippen LogP contribution in [-0.2, 0) is 0 Å². The van der Waals surface area contributed by atoms with Gasteiger partial charge in [-0.2, -0.15) is 0 Å². The fraction of sp³-hybridized carbons (Fsp3) is 0.471. The molecule has 0 aromatic carbocycles. The normalized spacial score (nSPS) is 22.8. The van der Waals surface area contributed by atoms with Crippen molar-refractivity contribution in [1.82, 2.24) is 9.97 Å². The van der Waals surface area contributed by atoms with Crippen LogP contribution in [0.4, 0.5) is 0 Å². The molecule has 21 heavy (non-hydrogen) atoms. The van der Waals surface area contributed by atoms with Crippen molar-refractivity contribution >= 4 is 6.21 Å². The molecule has 2 aromatic heterocycles. The molecule has 0 saturated heterocycles. The molecular weight excluding hydrogens is 262 g/mol. The molecule has 0 amide bonds. The Kier molecular flexibility index (Phi) is 4.13. The van der Waals surface area contributed by atoms with Crippen LogP contribution in [0.2, 0.25) is 0 Å². The number of aromatic amines is 2. The molecule has 2 heterocycles. The summed E-state index contributed by atoms with van der Waals surface area (Å²) in [5, 5.41) is 0. The van der Waals surface area contributed by atoms with Crippen LogP contribution in [0.1, 0.15) is 38.3 Å². The van der Waals surface area contributed by atoms with Gasteiger partial charge in [-0.1, -0.05) is 6.92 Å². The Bertz CT molecular complexity index is 590. The van der Waals surface area contributed by atoms with E-state index in [1.165, 1.54) is 25.7 Å². The van der Waals surface area contributed by atoms with Crippen molar-refractivity contribution in [2.45, 2.75) is 38.6 Å². The number of hydrogen-bond acceptors (Lipinski definition) is 2. The summed E-state index contributed by atoms with van der Waals surface area (Å²) in [7, 11) is 1.70. The highest BCUT2D eigenvalue weighted by molar-refractivity contribution is 5.83. The van der Waals surface area contributed by atoms with Gasteiger partial charge in [0, 0.05) is 18.5 Å². The molecule has 0 unspecified atom stereocenters. The summed E-state index contributed by atoms with van der Waals surface area (Å²) in [6, 6.07) is 6.49. The van der Waals surface area contributed by atoms with E-state index in [4.69, 9.17) is 9.73 Å². The number of aliphatic imine (C=N–C) groups is 1. The third-order valence-corrected chi connectivity index (χ3v) is 4.32. The van der Waals surface area contributed by atoms with Gasteiger partial charge in [0.25, 0.3) is 0 Å². The molecule has 2 aromatic rings. The lowest BCUT2D eigenvalue weighted by Gasteiger charge is -2.22. The van der Waals surface area contributed by atoms with Crippen molar-refractivity contribution in [1.29, 1.82) is 0 Å². The molecular formula is C17H23N3O. The number of nitrogens with zero attached hydrogens (tertiary/aromatic N) is 1. The first kappa shape index (κ1) is 14.0. The largest absolute Gasteiger partial charge is 0.494 e. The summed E-state index contributed by atoms with van der Waals surface area (Å²) in [6.07, 6.45) is 8.83. The van der Waals surface area contributed by atoms with Gasteiger partial charge in [-0.05, 0) is 43.7 Å². The third-order valence-electron chi connectivity index (χ3n) is 4.32. The van der Waals surface area contributed by atoms with E-state index in [-0.39, 0.29) is 0 Å². The van der Waals surface area contributed by atoms with Crippen molar-refractivity contribution in [3.8, 4) is 17.1 Å². The number of nitrogens with one attached hydrogen (secondary N) is 2. The van der Waals surface area contributed by atoms with Gasteiger partial charge in [0.2, 0.25) is 0 Å². The van der Waals surface area contributed by atoms with E-state index in [1.807, 2.05) is 30.6 Å². The highest BCUT2D eigenvalue weighted by Crippen LogP contribution is 2.27. The summed E-state index contributed by atoms with van der Waals surface area (Å²) in [4.78, 5) is 11.3. The quantitative estimate of drug-likeness (QED) is 0.819. The van der Waals surface area contributed by atoms with Crippen LogP contribution in [0.3, 0.4) is 0 Å². The maximum atomic E-state index is 5.44. The van der Waals surface area contributed by atoms with Gasteiger partial charge in [0.1, 0.15) is 5.75 Å². The second-order valence-electron chi connectivity index (χ2n) is 5.94. The molecule has 0 bridgehead atoms. The van der Waals surface area contributed by atoms with Gasteiger partial charge in [0.15, 0.2) is 0 Å². The maximum Gasteiger partial charge on any atom is 0.146 e. The number of ether oxygens (including phenoxy) is 1. The minimum Gasteiger partial charge on any atom is -0.494 e. The van der Waals surface area contributed by atoms with Crippen molar-refractivity contribution in [2.75, 3.05) is 7.11 Å². The standard InChI is InChI=1S/C17H23N3O/c1-12-5-7-13(8-6-12)19-11-16-17(21-2)10-15(20-16)14-4-3-9-18-14/h3-4,9-13,18,20H,5-8H2,1-2H3. The van der Waals surface area contributed by atoms with Crippen molar-refractivity contribution in [3.63, 3.8) is 0 Å². The molecule has 2 N–H and O–H groups in total. The summed E-state index contributed by atoms with van der Waals surface area (Å²) < 4.78 is 5.44. The van der Waals surface area contributed by atoms with Crippen LogP contribution in [0.5, 0.6) is 5.75 Å². The number of hydrogen-bond donors (Lipinski definition) is 2. The monoisotopic (exact) mass is 285 g/mol. The molecule has 1 aliphatic carbocycles. The number of H-pyrrole nitrogens is 2. The summed E-state index contributed by atoms with van der Waals surface area (Å²) in [5.41, 5.74) is 3.02. The van der Waals surface area contributed by atoms with Gasteiger partial charge in [-0.15, -0.1) is 0 Å². The minimum absolute atomic E-state index is 0.461. The topological polar surface area (TPSA) is 53.2 Å². The lowest BCUT2D eigenvalue weighted by Crippen LogP contribution is -2.15. The molecule has 0 radical (unpaired) electrons. The average molecular weight is 285 g/mol. The lowest BCUT2D eigenvalue weighted by atomic mass is 9.88. The minimum atomic E-state index is 0.461. The van der Waals surface area contributed by atoms with Crippen molar-refractivity contribution < 1.29 is 4.74 Å². The van der Waals surface area contributed by atoms with Crippen LogP contribution in [-0.4, -0.2) is 29.3 Å². The fourth-order valence-electron chi connectivity index (χ4n) is 2.93. The zero-order chi connectivity index (χ0) is 14.7. The Morgan fingerprint density at radius 2 is 2.05 bits per heavy atom. The van der Waals surface area contributed by atoms with Crippen LogP contribution in [0, 0.1) is 5.92 Å². The zero-order valence-electron chi connectivity index (χ0n) is 12.7. The first-order valence-electron chi connectivity index (χ1n) is 7.70. The van der Waals surface area contributed by atoms with Crippen LogP contribution >= 0.6 is 0 Å². The molecule has 0 spiro atoms. The van der Waals surface area contributed by atoms with E-state index >= 15 is 0 Å². The molecule has 112 valence electrons. The first-order valence-corrected chi connectivity index (χ1v) is 7.70. The van der Waals surface area contributed by atoms with Crippen LogP contribution < -0.4 is 4.74 Å². The van der Waals surface area contributed by atoms with E-state index in [0.29, 0.717) is 6.04 Å². The predicted molar refractivity (Wildman–Crippen MR) is 86.1 cm³/mol. The Morgan fingerprint density at radius 1 is 1.24 bits per heavy atom. The summed E-state index contributed by atoms with van der Waals surface area (Å²) in [5.74, 6) is 1.70. The van der Waals surface area contributed by atoms with E-state index in [9.17, 15) is 0 Å². The van der Waals surface area contributed by atoms with Gasteiger partial charge in [-0.3, -0.25) is 4.99 Å². The van der Waals surface area contributed by atoms with E-state index in [1.54, 1.807) is 7.11 Å². The Labute approximate surface area is 125 Å². The Balaban J connectivity index is 1.75. The Hall–Kier alpha value is -1.97. The van der Waals surface area contributed by atoms with E-state index in [2.05, 4.69) is 16.9 Å². The number of aromatic nitrogens is 2. The third kappa shape index (κ3) is 3.20. The molecule has 0 atom stereocenters. The van der Waals surface area contributed by atoms with Gasteiger partial charge in [-0.25, -0.2) is 0 Å². The highest BCUT2D eigenvalue weighted by Gasteiger charge is 2.17. The molecule has 1 aliphatic rings. The van der Waals surface area contributed by atoms with E-state index in [0.717, 1.165) is 28.7 Å². The lowest BCUT2D eigenvalue weighted by molar-refractivity contribution is 0.350. The van der Waals surface area contributed by atoms with Crippen molar-refractivity contribution in [3.05, 3.63) is 30.1 Å². The second kappa shape index (κ2) is 6.20. The summed E-state index contributed by atoms with van der Waals surface area (Å²) in [6.45, 7) is 2.33. The molecule has 0 aliphatic heterocycles. The van der Waals surface area contributed by atoms with Gasteiger partial charge >= 0.3 is 0 Å². The summed E-state index contributed by atoms with van der Waals surface area (Å²) >= 11 is 0. The smallest absolute Gasteiger partial charge is 0.146 e. The van der Waals surface area contributed by atoms with Crippen LogP contribution in [0.15, 0.2) is 29.4 Å². The van der Waals surface area contributed by atoms with Crippen molar-refractivity contribution in [2.24, 2.45) is 10.9 Å². The van der Waals surface area contributed by atoms with E-state index < -0.39 is 0 Å². The Morgan fingerprint density at radius 3 is 2.71 bits per heavy atom. The van der Waals surface area contributed by atoms with Gasteiger partial charge < -0.3 is 14.7 Å². The molecule has 4 heteroatoms. The first-order chi connectivity index (χ1) is 10.3. The predicted octanol–water partition coefficient (Wildman–Crippen LogP) is 4.02. The zero-order valence-corrected chi connectivity index (χ0v) is 12.7. The SMILES string of the molecule is COc1cc(-c2ccc[nH]2)[nH]c1C=NC1CCC(C)CC1. The number of rotatable bonds is 4. The second-order valence-corrected chi connectivity index (χ2v) is 5.94. The molecule has 1 saturated carbocycles. The van der Waals surface area contributed by atoms with Gasteiger partial charge in [0.05, 0.1) is 30.2 Å². The molecule has 4 nitrogen and oxygen atoms in total. The van der Waals surface area contributed by atoms with Crippen LogP contribution in [0.25, 0.3) is 11.4 Å². The number of methoxy groups -OCH3 is 1. The molecule has 1 fully saturated rings. The fourth-order valence-corrected chi connectivity index (χ4v) is 2.93. The average Bonchev–Trinajstić information content (AvgIpc) is 3.15.